The first kappa shape index (κ1) is 21.8. The highest BCUT2D eigenvalue weighted by molar-refractivity contribution is 5.87. The summed E-state index contributed by atoms with van der Waals surface area (Å²) < 4.78 is 18.7. The van der Waals surface area contributed by atoms with Gasteiger partial charge in [-0.05, 0) is 43.5 Å². The van der Waals surface area contributed by atoms with Gasteiger partial charge in [-0.15, -0.1) is 0 Å². The van der Waals surface area contributed by atoms with Gasteiger partial charge in [-0.2, -0.15) is 0 Å². The van der Waals surface area contributed by atoms with Crippen molar-refractivity contribution in [2.75, 3.05) is 33.3 Å². The fourth-order valence-electron chi connectivity index (χ4n) is 3.81. The van der Waals surface area contributed by atoms with Crippen LogP contribution in [0.15, 0.2) is 48.5 Å². The number of methoxy groups -OCH3 is 1. The molecule has 2 amide bonds. The first-order valence-corrected chi connectivity index (χ1v) is 10.3. The third-order valence-electron chi connectivity index (χ3n) is 5.79. The number of hydrogen-bond donors (Lipinski definition) is 0. The normalized spacial score (nSPS) is 14.5. The van der Waals surface area contributed by atoms with Gasteiger partial charge in [0.05, 0.1) is 12.5 Å². The van der Waals surface area contributed by atoms with Crippen LogP contribution in [0.2, 0.25) is 0 Å². The molecule has 0 spiro atoms. The van der Waals surface area contributed by atoms with Crippen LogP contribution >= 0.6 is 0 Å². The van der Waals surface area contributed by atoms with Crippen LogP contribution in [0.5, 0.6) is 5.75 Å². The van der Waals surface area contributed by atoms with Crippen molar-refractivity contribution in [3.63, 3.8) is 0 Å². The minimum atomic E-state index is -0.605. The Morgan fingerprint density at radius 3 is 2.23 bits per heavy atom. The molecular formula is C24H29FN2O3. The number of carbonyl (C=O) groups is 2. The topological polar surface area (TPSA) is 49.9 Å². The van der Waals surface area contributed by atoms with Gasteiger partial charge in [0, 0.05) is 32.6 Å². The van der Waals surface area contributed by atoms with E-state index in [1.165, 1.54) is 13.2 Å². The van der Waals surface area contributed by atoms with Crippen molar-refractivity contribution < 1.29 is 18.7 Å². The molecule has 2 aromatic rings. The molecule has 0 N–H and O–H groups in total. The largest absolute Gasteiger partial charge is 0.494 e. The molecule has 3 rings (SSSR count). The van der Waals surface area contributed by atoms with E-state index < -0.39 is 11.2 Å². The highest BCUT2D eigenvalue weighted by Gasteiger charge is 2.35. The number of hydrogen-bond acceptors (Lipinski definition) is 3. The van der Waals surface area contributed by atoms with E-state index in [2.05, 4.69) is 0 Å². The number of aryl methyl sites for hydroxylation is 1. The van der Waals surface area contributed by atoms with Gasteiger partial charge in [-0.25, -0.2) is 4.39 Å². The second-order valence-electron chi connectivity index (χ2n) is 8.13. The van der Waals surface area contributed by atoms with Gasteiger partial charge in [0.1, 0.15) is 0 Å². The average molecular weight is 413 g/mol. The fraction of sp³-hybridized carbons (Fsp3) is 0.417. The Morgan fingerprint density at radius 2 is 1.63 bits per heavy atom. The maximum Gasteiger partial charge on any atom is 0.232 e. The Hall–Kier alpha value is -2.89. The van der Waals surface area contributed by atoms with Gasteiger partial charge in [0.15, 0.2) is 11.6 Å². The number of halogens is 1. The number of benzene rings is 2. The van der Waals surface area contributed by atoms with Gasteiger partial charge < -0.3 is 14.5 Å². The van der Waals surface area contributed by atoms with Crippen molar-refractivity contribution >= 4 is 11.8 Å². The van der Waals surface area contributed by atoms with E-state index in [-0.39, 0.29) is 17.6 Å². The van der Waals surface area contributed by atoms with Crippen LogP contribution in [-0.4, -0.2) is 54.9 Å². The summed E-state index contributed by atoms with van der Waals surface area (Å²) in [5.74, 6) is -0.116. The molecule has 0 aliphatic carbocycles. The molecule has 5 nitrogen and oxygen atoms in total. The molecule has 1 heterocycles. The number of ether oxygens (including phenoxy) is 1. The lowest BCUT2D eigenvalue weighted by Crippen LogP contribution is -2.54. The lowest BCUT2D eigenvalue weighted by atomic mass is 9.83. The standard InChI is InChI=1S/C24H29FN2O3/c1-24(2,19-7-5-4-6-8-19)23(29)27-15-13-26(14-16-27)22(28)12-10-18-9-11-21(30-3)20(25)17-18/h4-9,11,17H,10,12-16H2,1-3H3. The summed E-state index contributed by atoms with van der Waals surface area (Å²) >= 11 is 0. The van der Waals surface area contributed by atoms with E-state index in [9.17, 15) is 14.0 Å². The Bertz CT molecular complexity index is 891. The first-order valence-electron chi connectivity index (χ1n) is 10.3. The zero-order valence-corrected chi connectivity index (χ0v) is 17.9. The molecule has 0 unspecified atom stereocenters. The van der Waals surface area contributed by atoms with E-state index in [0.717, 1.165) is 11.1 Å². The molecular weight excluding hydrogens is 383 g/mol. The maximum absolute atomic E-state index is 13.8. The smallest absolute Gasteiger partial charge is 0.232 e. The zero-order valence-electron chi connectivity index (χ0n) is 17.9. The molecule has 1 aliphatic heterocycles. The second-order valence-corrected chi connectivity index (χ2v) is 8.13. The van der Waals surface area contributed by atoms with Crippen molar-refractivity contribution in [3.8, 4) is 5.75 Å². The van der Waals surface area contributed by atoms with E-state index in [1.807, 2.05) is 49.1 Å². The lowest BCUT2D eigenvalue weighted by molar-refractivity contribution is -0.142. The van der Waals surface area contributed by atoms with Crippen molar-refractivity contribution in [1.29, 1.82) is 0 Å². The predicted molar refractivity (Wildman–Crippen MR) is 114 cm³/mol. The molecule has 30 heavy (non-hydrogen) atoms. The van der Waals surface area contributed by atoms with Gasteiger partial charge in [0.25, 0.3) is 0 Å². The van der Waals surface area contributed by atoms with Crippen molar-refractivity contribution in [2.24, 2.45) is 0 Å². The molecule has 2 aromatic carbocycles. The van der Waals surface area contributed by atoms with Gasteiger partial charge in [-0.1, -0.05) is 36.4 Å². The lowest BCUT2D eigenvalue weighted by Gasteiger charge is -2.39. The summed E-state index contributed by atoms with van der Waals surface area (Å²) in [5.41, 5.74) is 1.15. The molecule has 0 radical (unpaired) electrons. The highest BCUT2D eigenvalue weighted by atomic mass is 19.1. The summed E-state index contributed by atoms with van der Waals surface area (Å²) in [5, 5.41) is 0. The molecule has 1 saturated heterocycles. The van der Waals surface area contributed by atoms with E-state index in [0.29, 0.717) is 39.0 Å². The second kappa shape index (κ2) is 9.28. The summed E-state index contributed by atoms with van der Waals surface area (Å²) in [6.45, 7) is 5.97. The van der Waals surface area contributed by atoms with Crippen molar-refractivity contribution in [3.05, 3.63) is 65.5 Å². The van der Waals surface area contributed by atoms with E-state index >= 15 is 0 Å². The van der Waals surface area contributed by atoms with Crippen LogP contribution in [0.1, 0.15) is 31.4 Å². The van der Waals surface area contributed by atoms with Crippen LogP contribution in [0.3, 0.4) is 0 Å². The summed E-state index contributed by atoms with van der Waals surface area (Å²) in [7, 11) is 1.42. The van der Waals surface area contributed by atoms with E-state index in [1.54, 1.807) is 17.0 Å². The molecule has 0 atom stereocenters. The number of piperazine rings is 1. The highest BCUT2D eigenvalue weighted by Crippen LogP contribution is 2.26. The molecule has 0 bridgehead atoms. The van der Waals surface area contributed by atoms with Gasteiger partial charge in [-0.3, -0.25) is 9.59 Å². The number of carbonyl (C=O) groups excluding carboxylic acids is 2. The summed E-state index contributed by atoms with van der Waals surface area (Å²) in [6, 6.07) is 14.5. The Morgan fingerprint density at radius 1 is 1.00 bits per heavy atom. The Balaban J connectivity index is 1.51. The Kier molecular flexibility index (Phi) is 6.75. The van der Waals surface area contributed by atoms with Gasteiger partial charge in [0.2, 0.25) is 11.8 Å². The molecule has 160 valence electrons. The SMILES string of the molecule is COc1ccc(CCC(=O)N2CCN(C(=O)C(C)(C)c3ccccc3)CC2)cc1F. The summed E-state index contributed by atoms with van der Waals surface area (Å²) in [4.78, 5) is 29.3. The predicted octanol–water partition coefficient (Wildman–Crippen LogP) is 3.42. The van der Waals surface area contributed by atoms with Crippen LogP contribution < -0.4 is 4.74 Å². The monoisotopic (exact) mass is 412 g/mol. The number of nitrogens with zero attached hydrogens (tertiary/aromatic N) is 2. The molecule has 1 fully saturated rings. The van der Waals surface area contributed by atoms with E-state index in [4.69, 9.17) is 4.74 Å². The molecule has 1 aliphatic rings. The average Bonchev–Trinajstić information content (AvgIpc) is 2.77. The molecule has 0 aromatic heterocycles. The third-order valence-corrected chi connectivity index (χ3v) is 5.79. The maximum atomic E-state index is 13.8. The van der Waals surface area contributed by atoms with Crippen LogP contribution in [0.25, 0.3) is 0 Å². The van der Waals surface area contributed by atoms with Crippen LogP contribution in [0, 0.1) is 5.82 Å². The molecule has 6 heteroatoms. The van der Waals surface area contributed by atoms with Gasteiger partial charge >= 0.3 is 0 Å². The fourth-order valence-corrected chi connectivity index (χ4v) is 3.81. The van der Waals surface area contributed by atoms with Crippen molar-refractivity contribution in [2.45, 2.75) is 32.1 Å². The zero-order chi connectivity index (χ0) is 21.7. The van der Waals surface area contributed by atoms with Crippen LogP contribution in [-0.2, 0) is 21.4 Å². The quantitative estimate of drug-likeness (QED) is 0.731. The number of rotatable bonds is 6. The van der Waals surface area contributed by atoms with Crippen LogP contribution in [0.4, 0.5) is 4.39 Å². The van der Waals surface area contributed by atoms with Crippen molar-refractivity contribution in [1.82, 2.24) is 9.80 Å². The minimum Gasteiger partial charge on any atom is -0.494 e. The minimum absolute atomic E-state index is 0.0284. The Labute approximate surface area is 177 Å². The third kappa shape index (κ3) is 4.81. The summed E-state index contributed by atoms with van der Waals surface area (Å²) in [6.07, 6.45) is 0.787. The molecule has 0 saturated carbocycles. The first-order chi connectivity index (χ1) is 14.3. The number of amides is 2.